The fourth-order valence-electron chi connectivity index (χ4n) is 2.38. The molecule has 0 saturated carbocycles. The van der Waals surface area contributed by atoms with Crippen LogP contribution in [-0.4, -0.2) is 68.8 Å². The molecule has 1 atom stereocenters. The highest BCUT2D eigenvalue weighted by Gasteiger charge is 2.23. The van der Waals surface area contributed by atoms with Gasteiger partial charge < -0.3 is 15.4 Å². The van der Waals surface area contributed by atoms with Gasteiger partial charge in [0.15, 0.2) is 0 Å². The van der Waals surface area contributed by atoms with Gasteiger partial charge in [0.2, 0.25) is 0 Å². The van der Waals surface area contributed by atoms with Crippen molar-refractivity contribution >= 4 is 0 Å². The van der Waals surface area contributed by atoms with Crippen molar-refractivity contribution < 1.29 is 4.74 Å². The fourth-order valence-corrected chi connectivity index (χ4v) is 2.38. The minimum absolute atomic E-state index is 0.621. The molecule has 1 aliphatic heterocycles. The van der Waals surface area contributed by atoms with Crippen LogP contribution in [0.25, 0.3) is 0 Å². The van der Waals surface area contributed by atoms with Crippen LogP contribution in [0, 0.1) is 0 Å². The summed E-state index contributed by atoms with van der Waals surface area (Å²) in [5.41, 5.74) is 5.37. The van der Waals surface area contributed by atoms with Gasteiger partial charge in [0.1, 0.15) is 0 Å². The number of hydrogen-bond acceptors (Lipinski definition) is 4. The van der Waals surface area contributed by atoms with Gasteiger partial charge in [0, 0.05) is 25.7 Å². The van der Waals surface area contributed by atoms with Gasteiger partial charge in [-0.25, -0.2) is 0 Å². The average Bonchev–Trinajstić information content (AvgIpc) is 2.71. The first-order valence-corrected chi connectivity index (χ1v) is 6.48. The van der Waals surface area contributed by atoms with Crippen LogP contribution in [-0.2, 0) is 4.74 Å². The Kier molecular flexibility index (Phi) is 6.96. The number of likely N-dealkylation sites (tertiary alicyclic amines) is 1. The van der Waals surface area contributed by atoms with Crippen molar-refractivity contribution in [2.24, 2.45) is 5.73 Å². The Morgan fingerprint density at radius 2 is 2.25 bits per heavy atom. The molecule has 0 aromatic rings. The van der Waals surface area contributed by atoms with E-state index in [1.54, 1.807) is 0 Å². The van der Waals surface area contributed by atoms with Crippen molar-refractivity contribution in [3.63, 3.8) is 0 Å². The number of likely N-dealkylation sites (N-methyl/N-ethyl adjacent to an activating group) is 2. The quantitative estimate of drug-likeness (QED) is 0.611. The van der Waals surface area contributed by atoms with Gasteiger partial charge in [-0.15, -0.1) is 0 Å². The highest BCUT2D eigenvalue weighted by atomic mass is 16.5. The Hall–Kier alpha value is -0.160. The van der Waals surface area contributed by atoms with E-state index in [0.29, 0.717) is 13.2 Å². The zero-order valence-electron chi connectivity index (χ0n) is 10.8. The summed E-state index contributed by atoms with van der Waals surface area (Å²) in [6.07, 6.45) is 2.71. The minimum Gasteiger partial charge on any atom is -0.379 e. The topological polar surface area (TPSA) is 41.7 Å². The van der Waals surface area contributed by atoms with Gasteiger partial charge in [-0.2, -0.15) is 0 Å². The molecule has 0 aromatic carbocycles. The van der Waals surface area contributed by atoms with E-state index in [4.69, 9.17) is 10.5 Å². The lowest BCUT2D eigenvalue weighted by Gasteiger charge is -2.27. The Bertz CT molecular complexity index is 178. The summed E-state index contributed by atoms with van der Waals surface area (Å²) in [6, 6.07) is 0.754. The van der Waals surface area contributed by atoms with Gasteiger partial charge in [-0.05, 0) is 33.0 Å². The molecule has 1 saturated heterocycles. The lowest BCUT2D eigenvalue weighted by Crippen LogP contribution is -2.39. The molecular weight excluding hydrogens is 202 g/mol. The number of hydrogen-bond donors (Lipinski definition) is 1. The molecule has 0 spiro atoms. The van der Waals surface area contributed by atoms with E-state index in [0.717, 1.165) is 19.2 Å². The Morgan fingerprint density at radius 3 is 2.94 bits per heavy atom. The molecule has 4 nitrogen and oxygen atoms in total. The monoisotopic (exact) mass is 229 g/mol. The molecule has 1 aliphatic rings. The third kappa shape index (κ3) is 4.78. The zero-order valence-corrected chi connectivity index (χ0v) is 10.8. The standard InChI is InChI=1S/C12H27N3O/c1-3-15-7-4-5-12(15)11-14(2)8-10-16-9-6-13/h12H,3-11,13H2,1-2H3. The van der Waals surface area contributed by atoms with Crippen molar-refractivity contribution in [3.8, 4) is 0 Å². The first-order chi connectivity index (χ1) is 7.77. The molecule has 1 heterocycles. The van der Waals surface area contributed by atoms with Gasteiger partial charge in [0.25, 0.3) is 0 Å². The third-order valence-electron chi connectivity index (χ3n) is 3.31. The summed E-state index contributed by atoms with van der Waals surface area (Å²) in [6.45, 7) is 8.98. The maximum absolute atomic E-state index is 5.39. The van der Waals surface area contributed by atoms with E-state index in [1.165, 1.54) is 32.5 Å². The Balaban J connectivity index is 2.10. The summed E-state index contributed by atoms with van der Waals surface area (Å²) < 4.78 is 5.39. The average molecular weight is 229 g/mol. The number of ether oxygens (including phenoxy) is 1. The van der Waals surface area contributed by atoms with Crippen molar-refractivity contribution in [2.45, 2.75) is 25.8 Å². The maximum Gasteiger partial charge on any atom is 0.0593 e. The number of nitrogens with zero attached hydrogens (tertiary/aromatic N) is 2. The Labute approximate surface area is 99.7 Å². The minimum atomic E-state index is 0.621. The SMILES string of the molecule is CCN1CCCC1CN(C)CCOCCN. The molecule has 0 bridgehead atoms. The van der Waals surface area contributed by atoms with Crippen molar-refractivity contribution in [3.05, 3.63) is 0 Å². The van der Waals surface area contributed by atoms with Crippen molar-refractivity contribution in [1.82, 2.24) is 9.80 Å². The molecule has 2 N–H and O–H groups in total. The highest BCUT2D eigenvalue weighted by Crippen LogP contribution is 2.16. The zero-order chi connectivity index (χ0) is 11.8. The number of nitrogens with two attached hydrogens (primary N) is 1. The van der Waals surface area contributed by atoms with Crippen LogP contribution in [0.4, 0.5) is 0 Å². The van der Waals surface area contributed by atoms with E-state index < -0.39 is 0 Å². The van der Waals surface area contributed by atoms with E-state index in [2.05, 4.69) is 23.8 Å². The molecule has 0 amide bonds. The molecular formula is C12H27N3O. The van der Waals surface area contributed by atoms with Crippen LogP contribution < -0.4 is 5.73 Å². The van der Waals surface area contributed by atoms with Crippen LogP contribution in [0.5, 0.6) is 0 Å². The third-order valence-corrected chi connectivity index (χ3v) is 3.31. The summed E-state index contributed by atoms with van der Waals surface area (Å²) in [7, 11) is 2.18. The van der Waals surface area contributed by atoms with E-state index in [1.807, 2.05) is 0 Å². The smallest absolute Gasteiger partial charge is 0.0593 e. The second-order valence-corrected chi connectivity index (χ2v) is 4.59. The normalized spacial score (nSPS) is 22.1. The van der Waals surface area contributed by atoms with E-state index in [9.17, 15) is 0 Å². The first-order valence-electron chi connectivity index (χ1n) is 6.48. The molecule has 0 aliphatic carbocycles. The molecule has 4 heteroatoms. The second kappa shape index (κ2) is 8.01. The molecule has 1 unspecified atom stereocenters. The van der Waals surface area contributed by atoms with Gasteiger partial charge >= 0.3 is 0 Å². The van der Waals surface area contributed by atoms with Crippen LogP contribution in [0.1, 0.15) is 19.8 Å². The molecule has 0 aromatic heterocycles. The van der Waals surface area contributed by atoms with Crippen LogP contribution in [0.2, 0.25) is 0 Å². The molecule has 16 heavy (non-hydrogen) atoms. The molecule has 96 valence electrons. The van der Waals surface area contributed by atoms with E-state index >= 15 is 0 Å². The lowest BCUT2D eigenvalue weighted by atomic mass is 10.2. The lowest BCUT2D eigenvalue weighted by molar-refractivity contribution is 0.107. The van der Waals surface area contributed by atoms with Gasteiger partial charge in [0.05, 0.1) is 13.2 Å². The van der Waals surface area contributed by atoms with Gasteiger partial charge in [-0.3, -0.25) is 4.90 Å². The predicted octanol–water partition coefficient (Wildman–Crippen LogP) is 0.378. The first kappa shape index (κ1) is 13.9. The van der Waals surface area contributed by atoms with Crippen molar-refractivity contribution in [2.75, 3.05) is 53.0 Å². The van der Waals surface area contributed by atoms with Crippen LogP contribution >= 0.6 is 0 Å². The summed E-state index contributed by atoms with van der Waals surface area (Å²) in [5, 5.41) is 0. The Morgan fingerprint density at radius 1 is 1.44 bits per heavy atom. The number of rotatable bonds is 8. The largest absolute Gasteiger partial charge is 0.379 e. The molecule has 1 fully saturated rings. The fraction of sp³-hybridized carbons (Fsp3) is 1.00. The summed E-state index contributed by atoms with van der Waals surface area (Å²) in [4.78, 5) is 4.95. The van der Waals surface area contributed by atoms with Crippen molar-refractivity contribution in [1.29, 1.82) is 0 Å². The van der Waals surface area contributed by atoms with Gasteiger partial charge in [-0.1, -0.05) is 6.92 Å². The van der Waals surface area contributed by atoms with Crippen LogP contribution in [0.3, 0.4) is 0 Å². The molecule has 0 radical (unpaired) electrons. The van der Waals surface area contributed by atoms with E-state index in [-0.39, 0.29) is 0 Å². The van der Waals surface area contributed by atoms with Crippen LogP contribution in [0.15, 0.2) is 0 Å². The summed E-state index contributed by atoms with van der Waals surface area (Å²) in [5.74, 6) is 0. The highest BCUT2D eigenvalue weighted by molar-refractivity contribution is 4.80. The predicted molar refractivity (Wildman–Crippen MR) is 67.6 cm³/mol. The summed E-state index contributed by atoms with van der Waals surface area (Å²) >= 11 is 0. The second-order valence-electron chi connectivity index (χ2n) is 4.59. The maximum atomic E-state index is 5.39. The molecule has 1 rings (SSSR count).